The lowest BCUT2D eigenvalue weighted by Gasteiger charge is -2.29. The Hall–Kier alpha value is -2.02. The number of benzene rings is 1. The third kappa shape index (κ3) is 3.79. The highest BCUT2D eigenvalue weighted by molar-refractivity contribution is 5.95. The maximum absolute atomic E-state index is 14.2. The summed E-state index contributed by atoms with van der Waals surface area (Å²) in [6.07, 6.45) is 1.10. The van der Waals surface area contributed by atoms with E-state index in [0.717, 1.165) is 12.1 Å². The second-order valence-corrected chi connectivity index (χ2v) is 5.23. The summed E-state index contributed by atoms with van der Waals surface area (Å²) in [7, 11) is 1.74. The summed E-state index contributed by atoms with van der Waals surface area (Å²) < 4.78 is 28.3. The maximum atomic E-state index is 14.2. The van der Waals surface area contributed by atoms with Crippen molar-refractivity contribution in [1.29, 1.82) is 5.41 Å². The minimum atomic E-state index is -0.737. The average Bonchev–Trinajstić information content (AvgIpc) is 2.50. The molecule has 0 aliphatic carbocycles. The molecule has 1 heterocycles. The van der Waals surface area contributed by atoms with Crippen LogP contribution in [0.3, 0.4) is 0 Å². The van der Waals surface area contributed by atoms with Gasteiger partial charge in [0.15, 0.2) is 0 Å². The van der Waals surface area contributed by atoms with Gasteiger partial charge in [-0.15, -0.1) is 0 Å². The van der Waals surface area contributed by atoms with Crippen molar-refractivity contribution in [3.05, 3.63) is 29.3 Å². The van der Waals surface area contributed by atoms with Crippen LogP contribution in [0.25, 0.3) is 0 Å². The Morgan fingerprint density at radius 3 is 2.55 bits per heavy atom. The van der Waals surface area contributed by atoms with Gasteiger partial charge in [-0.3, -0.25) is 4.79 Å². The fraction of sp³-hybridized carbons (Fsp3) is 0.467. The molecule has 0 atom stereocenters. The molecule has 1 saturated heterocycles. The van der Waals surface area contributed by atoms with Gasteiger partial charge in [-0.1, -0.05) is 0 Å². The number of rotatable bonds is 5. The minimum Gasteiger partial charge on any atom is -0.368 e. The van der Waals surface area contributed by atoms with E-state index in [1.807, 2.05) is 0 Å². The van der Waals surface area contributed by atoms with Crippen LogP contribution in [0.2, 0.25) is 0 Å². The molecule has 0 aromatic heterocycles. The van der Waals surface area contributed by atoms with E-state index in [1.54, 1.807) is 11.9 Å². The van der Waals surface area contributed by atoms with Crippen LogP contribution in [-0.4, -0.2) is 44.8 Å². The first-order chi connectivity index (χ1) is 10.5. The van der Waals surface area contributed by atoms with Crippen LogP contribution in [-0.2, 0) is 0 Å². The smallest absolute Gasteiger partial charge is 0.254 e. The van der Waals surface area contributed by atoms with Gasteiger partial charge in [0.1, 0.15) is 11.6 Å². The fourth-order valence-corrected chi connectivity index (χ4v) is 2.37. The molecule has 120 valence electrons. The van der Waals surface area contributed by atoms with E-state index in [-0.39, 0.29) is 11.3 Å². The molecule has 1 aliphatic rings. The van der Waals surface area contributed by atoms with E-state index in [9.17, 15) is 13.6 Å². The van der Waals surface area contributed by atoms with E-state index < -0.39 is 17.5 Å². The average molecular weight is 310 g/mol. The molecule has 1 aromatic carbocycles. The summed E-state index contributed by atoms with van der Waals surface area (Å²) >= 11 is 0. The molecule has 0 unspecified atom stereocenters. The number of carbonyl (C=O) groups excluding carboxylic acids is 1. The molecule has 0 bridgehead atoms. The quantitative estimate of drug-likeness (QED) is 0.723. The van der Waals surface area contributed by atoms with Crippen molar-refractivity contribution in [1.82, 2.24) is 10.6 Å². The monoisotopic (exact) mass is 310 g/mol. The molecule has 7 heteroatoms. The number of carbonyl (C=O) groups is 1. The van der Waals surface area contributed by atoms with Crippen molar-refractivity contribution < 1.29 is 13.6 Å². The summed E-state index contributed by atoms with van der Waals surface area (Å²) in [6.45, 7) is 1.87. The number of anilines is 1. The number of amides is 1. The Morgan fingerprint density at radius 1 is 1.23 bits per heavy atom. The van der Waals surface area contributed by atoms with E-state index in [4.69, 9.17) is 5.41 Å². The van der Waals surface area contributed by atoms with Gasteiger partial charge in [0, 0.05) is 50.8 Å². The predicted octanol–water partition coefficient (Wildman–Crippen LogP) is 1.53. The molecule has 22 heavy (non-hydrogen) atoms. The molecule has 1 aliphatic heterocycles. The van der Waals surface area contributed by atoms with E-state index in [0.29, 0.717) is 44.7 Å². The molecule has 0 spiro atoms. The van der Waals surface area contributed by atoms with Gasteiger partial charge in [-0.2, -0.15) is 0 Å². The Kier molecular flexibility index (Phi) is 5.43. The van der Waals surface area contributed by atoms with E-state index in [1.165, 1.54) is 0 Å². The number of nitrogens with one attached hydrogen (secondary N) is 3. The second kappa shape index (κ2) is 7.31. The van der Waals surface area contributed by atoms with Crippen molar-refractivity contribution >= 4 is 17.3 Å². The molecular weight excluding hydrogens is 290 g/mol. The van der Waals surface area contributed by atoms with Gasteiger partial charge in [-0.25, -0.2) is 8.78 Å². The summed E-state index contributed by atoms with van der Waals surface area (Å²) in [5, 5.41) is 12.9. The van der Waals surface area contributed by atoms with Crippen LogP contribution in [0.15, 0.2) is 12.1 Å². The molecule has 1 fully saturated rings. The zero-order valence-electron chi connectivity index (χ0n) is 12.5. The number of hydrogen-bond donors (Lipinski definition) is 3. The summed E-state index contributed by atoms with van der Waals surface area (Å²) in [5.74, 6) is -1.98. The third-order valence-electron chi connectivity index (χ3n) is 3.65. The third-order valence-corrected chi connectivity index (χ3v) is 3.65. The normalized spacial score (nSPS) is 15.0. The highest BCUT2D eigenvalue weighted by Gasteiger charge is 2.21. The molecular formula is C15H20F2N4O. The van der Waals surface area contributed by atoms with Gasteiger partial charge in [0.05, 0.1) is 11.3 Å². The van der Waals surface area contributed by atoms with Crippen LogP contribution < -0.4 is 15.5 Å². The standard InChI is InChI=1S/C15H20F2N4O/c1-19-4-5-20-15(22)11-8-13(17)14(9-12(11)16)21-6-2-10(18)3-7-21/h8-9,18-19H,2-7H2,1H3,(H,20,22). The number of likely N-dealkylation sites (N-methyl/N-ethyl adjacent to an activating group) is 1. The number of piperidine rings is 1. The predicted molar refractivity (Wildman–Crippen MR) is 81.8 cm³/mol. The largest absolute Gasteiger partial charge is 0.368 e. The number of hydrogen-bond acceptors (Lipinski definition) is 4. The Bertz CT molecular complexity index is 567. The number of halogens is 2. The lowest BCUT2D eigenvalue weighted by Crippen LogP contribution is -2.34. The van der Waals surface area contributed by atoms with Crippen LogP contribution in [0, 0.1) is 17.0 Å². The van der Waals surface area contributed by atoms with Crippen molar-refractivity contribution in [2.45, 2.75) is 12.8 Å². The summed E-state index contributed by atoms with van der Waals surface area (Å²) in [5.41, 5.74) is 0.483. The maximum Gasteiger partial charge on any atom is 0.254 e. The fourth-order valence-electron chi connectivity index (χ4n) is 2.37. The first kappa shape index (κ1) is 16.4. The first-order valence-corrected chi connectivity index (χ1v) is 7.26. The van der Waals surface area contributed by atoms with E-state index >= 15 is 0 Å². The van der Waals surface area contributed by atoms with Crippen LogP contribution >= 0.6 is 0 Å². The molecule has 1 aromatic rings. The van der Waals surface area contributed by atoms with E-state index in [2.05, 4.69) is 10.6 Å². The molecule has 0 saturated carbocycles. The molecule has 3 N–H and O–H groups in total. The first-order valence-electron chi connectivity index (χ1n) is 7.26. The van der Waals surface area contributed by atoms with Crippen LogP contribution in [0.5, 0.6) is 0 Å². The van der Waals surface area contributed by atoms with Crippen LogP contribution in [0.1, 0.15) is 23.2 Å². The molecule has 2 rings (SSSR count). The molecule has 1 amide bonds. The lowest BCUT2D eigenvalue weighted by atomic mass is 10.1. The molecule has 0 radical (unpaired) electrons. The van der Waals surface area contributed by atoms with Crippen molar-refractivity contribution in [3.8, 4) is 0 Å². The highest BCUT2D eigenvalue weighted by Crippen LogP contribution is 2.25. The SMILES string of the molecule is CNCCNC(=O)c1cc(F)c(N2CCC(=N)CC2)cc1F. The number of nitrogens with zero attached hydrogens (tertiary/aromatic N) is 1. The van der Waals surface area contributed by atoms with Gasteiger partial charge in [0.2, 0.25) is 0 Å². The summed E-state index contributed by atoms with van der Waals surface area (Å²) in [4.78, 5) is 13.5. The molecule has 5 nitrogen and oxygen atoms in total. The zero-order valence-corrected chi connectivity index (χ0v) is 12.5. The summed E-state index contributed by atoms with van der Waals surface area (Å²) in [6, 6.07) is 2.01. The van der Waals surface area contributed by atoms with Gasteiger partial charge < -0.3 is 20.9 Å². The lowest BCUT2D eigenvalue weighted by molar-refractivity contribution is 0.0949. The second-order valence-electron chi connectivity index (χ2n) is 5.23. The highest BCUT2D eigenvalue weighted by atomic mass is 19.1. The topological polar surface area (TPSA) is 68.2 Å². The Balaban J connectivity index is 2.14. The minimum absolute atomic E-state index is 0.150. The zero-order chi connectivity index (χ0) is 16.1. The van der Waals surface area contributed by atoms with Gasteiger partial charge >= 0.3 is 0 Å². The van der Waals surface area contributed by atoms with Crippen molar-refractivity contribution in [3.63, 3.8) is 0 Å². The Labute approximate surface area is 128 Å². The van der Waals surface area contributed by atoms with Gasteiger partial charge in [0.25, 0.3) is 5.91 Å². The van der Waals surface area contributed by atoms with Crippen LogP contribution in [0.4, 0.5) is 14.5 Å². The van der Waals surface area contributed by atoms with Crippen molar-refractivity contribution in [2.24, 2.45) is 0 Å². The van der Waals surface area contributed by atoms with Crippen molar-refractivity contribution in [2.75, 3.05) is 38.1 Å². The van der Waals surface area contributed by atoms with Gasteiger partial charge in [-0.05, 0) is 13.1 Å². The Morgan fingerprint density at radius 2 is 1.91 bits per heavy atom.